The molecule has 2 aromatic carbocycles. The second-order valence-corrected chi connectivity index (χ2v) is 6.17. The van der Waals surface area contributed by atoms with E-state index < -0.39 is 0 Å². The van der Waals surface area contributed by atoms with E-state index in [1.54, 1.807) is 0 Å². The molecule has 0 unspecified atom stereocenters. The molecule has 0 amide bonds. The average Bonchev–Trinajstić information content (AvgIpc) is 3.12. The quantitative estimate of drug-likeness (QED) is 0.524. The maximum Gasteiger partial charge on any atom is 0.154 e. The Balaban J connectivity index is 1.71. The summed E-state index contributed by atoms with van der Waals surface area (Å²) in [5.41, 5.74) is 3.98. The summed E-state index contributed by atoms with van der Waals surface area (Å²) in [5.74, 6) is 2.06. The molecule has 0 fully saturated rings. The van der Waals surface area contributed by atoms with E-state index in [2.05, 4.69) is 20.5 Å². The molecule has 27 heavy (non-hydrogen) atoms. The van der Waals surface area contributed by atoms with E-state index in [1.165, 1.54) is 0 Å². The van der Waals surface area contributed by atoms with E-state index in [-0.39, 0.29) is 0 Å². The molecule has 0 saturated carbocycles. The number of aryl methyl sites for hydroxylation is 1. The van der Waals surface area contributed by atoms with Crippen LogP contribution in [0.25, 0.3) is 23.4 Å². The molecule has 4 aromatic rings. The highest BCUT2D eigenvalue weighted by Crippen LogP contribution is 2.22. The highest BCUT2D eigenvalue weighted by atomic mass is 15.2. The molecule has 5 heteroatoms. The zero-order valence-electron chi connectivity index (χ0n) is 14.9. The van der Waals surface area contributed by atoms with E-state index in [0.29, 0.717) is 11.6 Å². The van der Waals surface area contributed by atoms with Crippen LogP contribution in [0.4, 0.5) is 11.6 Å². The Kier molecular flexibility index (Phi) is 4.74. The van der Waals surface area contributed by atoms with Gasteiger partial charge in [-0.2, -0.15) is 5.10 Å². The zero-order chi connectivity index (χ0) is 18.5. The number of nitrogens with one attached hydrogen (secondary N) is 2. The first-order valence-electron chi connectivity index (χ1n) is 8.73. The maximum atomic E-state index is 4.70. The van der Waals surface area contributed by atoms with Crippen molar-refractivity contribution in [3.05, 3.63) is 89.9 Å². The molecule has 2 aromatic heterocycles. The molecule has 4 rings (SSSR count). The lowest BCUT2D eigenvalue weighted by molar-refractivity contribution is 1.04. The first kappa shape index (κ1) is 16.7. The van der Waals surface area contributed by atoms with E-state index in [9.17, 15) is 0 Å². The number of rotatable bonds is 5. The zero-order valence-corrected chi connectivity index (χ0v) is 14.9. The van der Waals surface area contributed by atoms with E-state index in [0.717, 1.165) is 28.3 Å². The fourth-order valence-corrected chi connectivity index (χ4v) is 2.71. The van der Waals surface area contributed by atoms with Crippen LogP contribution in [0, 0.1) is 6.92 Å². The number of nitrogens with zero attached hydrogens (tertiary/aromatic N) is 3. The highest BCUT2D eigenvalue weighted by molar-refractivity contribution is 5.71. The van der Waals surface area contributed by atoms with Gasteiger partial charge in [-0.3, -0.25) is 5.10 Å². The molecule has 2 N–H and O–H groups in total. The van der Waals surface area contributed by atoms with Gasteiger partial charge in [-0.1, -0.05) is 66.7 Å². The average molecular weight is 353 g/mol. The summed E-state index contributed by atoms with van der Waals surface area (Å²) < 4.78 is 0. The lowest BCUT2D eigenvalue weighted by Crippen LogP contribution is -1.99. The summed E-state index contributed by atoms with van der Waals surface area (Å²) in [6, 6.07) is 24.0. The molecule has 5 nitrogen and oxygen atoms in total. The Bertz CT molecular complexity index is 1050. The van der Waals surface area contributed by atoms with Crippen LogP contribution >= 0.6 is 0 Å². The minimum atomic E-state index is 0.634. The second kappa shape index (κ2) is 7.66. The van der Waals surface area contributed by atoms with Gasteiger partial charge in [0.15, 0.2) is 11.6 Å². The molecule has 0 atom stereocenters. The summed E-state index contributed by atoms with van der Waals surface area (Å²) in [7, 11) is 0. The summed E-state index contributed by atoms with van der Waals surface area (Å²) in [6.45, 7) is 1.96. The van der Waals surface area contributed by atoms with E-state index in [4.69, 9.17) is 4.98 Å². The molecular weight excluding hydrogens is 334 g/mol. The predicted molar refractivity (Wildman–Crippen MR) is 109 cm³/mol. The van der Waals surface area contributed by atoms with Crippen molar-refractivity contribution >= 4 is 23.8 Å². The lowest BCUT2D eigenvalue weighted by atomic mass is 10.1. The van der Waals surface area contributed by atoms with E-state index in [1.807, 2.05) is 91.9 Å². The van der Waals surface area contributed by atoms with Crippen molar-refractivity contribution < 1.29 is 0 Å². The van der Waals surface area contributed by atoms with Crippen molar-refractivity contribution in [1.82, 2.24) is 20.2 Å². The molecule has 0 spiro atoms. The van der Waals surface area contributed by atoms with Crippen LogP contribution in [0.15, 0.2) is 72.8 Å². The number of aromatic nitrogens is 4. The van der Waals surface area contributed by atoms with Crippen LogP contribution in [0.3, 0.4) is 0 Å². The highest BCUT2D eigenvalue weighted by Gasteiger charge is 2.07. The molecule has 132 valence electrons. The van der Waals surface area contributed by atoms with Gasteiger partial charge in [0, 0.05) is 23.4 Å². The van der Waals surface area contributed by atoms with Gasteiger partial charge in [0.25, 0.3) is 0 Å². The predicted octanol–water partition coefficient (Wildman–Crippen LogP) is 5.09. The van der Waals surface area contributed by atoms with Crippen molar-refractivity contribution in [2.45, 2.75) is 6.92 Å². The Labute approximate surface area is 157 Å². The number of hydrogen-bond donors (Lipinski definition) is 2. The number of H-pyrrole nitrogens is 1. The van der Waals surface area contributed by atoms with Crippen LogP contribution in [-0.2, 0) is 0 Å². The molecule has 0 radical (unpaired) electrons. The summed E-state index contributed by atoms with van der Waals surface area (Å²) in [4.78, 5) is 9.32. The molecule has 2 heterocycles. The van der Waals surface area contributed by atoms with Crippen LogP contribution in [0.1, 0.15) is 17.1 Å². The Morgan fingerprint density at radius 2 is 1.56 bits per heavy atom. The smallest absolute Gasteiger partial charge is 0.154 e. The minimum absolute atomic E-state index is 0.634. The fourth-order valence-electron chi connectivity index (χ4n) is 2.71. The van der Waals surface area contributed by atoms with Crippen LogP contribution in [-0.4, -0.2) is 20.2 Å². The maximum absolute atomic E-state index is 4.70. The van der Waals surface area contributed by atoms with Crippen molar-refractivity contribution in [2.75, 3.05) is 5.32 Å². The first-order chi connectivity index (χ1) is 13.3. The first-order valence-corrected chi connectivity index (χ1v) is 8.73. The number of benzene rings is 2. The largest absolute Gasteiger partial charge is 0.323 e. The topological polar surface area (TPSA) is 66.5 Å². The van der Waals surface area contributed by atoms with Crippen molar-refractivity contribution in [3.8, 4) is 11.3 Å². The summed E-state index contributed by atoms with van der Waals surface area (Å²) >= 11 is 0. The van der Waals surface area contributed by atoms with Crippen LogP contribution < -0.4 is 5.32 Å². The van der Waals surface area contributed by atoms with Crippen LogP contribution in [0.2, 0.25) is 0 Å². The van der Waals surface area contributed by atoms with Gasteiger partial charge >= 0.3 is 0 Å². The number of anilines is 2. The third-order valence-electron chi connectivity index (χ3n) is 4.00. The van der Waals surface area contributed by atoms with Crippen molar-refractivity contribution in [3.63, 3.8) is 0 Å². The monoisotopic (exact) mass is 353 g/mol. The van der Waals surface area contributed by atoms with Crippen LogP contribution in [0.5, 0.6) is 0 Å². The molecule has 0 bridgehead atoms. The van der Waals surface area contributed by atoms with Crippen molar-refractivity contribution in [2.24, 2.45) is 0 Å². The second-order valence-electron chi connectivity index (χ2n) is 6.17. The van der Waals surface area contributed by atoms with Gasteiger partial charge in [0.1, 0.15) is 5.82 Å². The number of hydrogen-bond acceptors (Lipinski definition) is 4. The Hall–Kier alpha value is -3.73. The lowest BCUT2D eigenvalue weighted by Gasteiger charge is -2.07. The third kappa shape index (κ3) is 4.27. The minimum Gasteiger partial charge on any atom is -0.323 e. The molecule has 0 aliphatic rings. The molecule has 0 aliphatic carbocycles. The molecular formula is C22H19N5. The normalized spacial score (nSPS) is 11.0. The van der Waals surface area contributed by atoms with Crippen molar-refractivity contribution in [1.29, 1.82) is 0 Å². The van der Waals surface area contributed by atoms with Gasteiger partial charge in [-0.05, 0) is 18.6 Å². The Morgan fingerprint density at radius 3 is 2.26 bits per heavy atom. The Morgan fingerprint density at radius 1 is 0.815 bits per heavy atom. The van der Waals surface area contributed by atoms with Gasteiger partial charge in [-0.25, -0.2) is 9.97 Å². The van der Waals surface area contributed by atoms with Gasteiger partial charge in [0.2, 0.25) is 0 Å². The third-order valence-corrected chi connectivity index (χ3v) is 4.00. The molecule has 0 aliphatic heterocycles. The van der Waals surface area contributed by atoms with Gasteiger partial charge < -0.3 is 5.32 Å². The summed E-state index contributed by atoms with van der Waals surface area (Å²) in [6.07, 6.45) is 3.93. The van der Waals surface area contributed by atoms with Gasteiger partial charge in [0.05, 0.1) is 5.69 Å². The number of aromatic amines is 1. The van der Waals surface area contributed by atoms with E-state index >= 15 is 0 Å². The van der Waals surface area contributed by atoms with Gasteiger partial charge in [-0.15, -0.1) is 0 Å². The SMILES string of the molecule is Cc1cc(Nc2cc(-c3ccccc3)nc(/C=C/c3ccccc3)n2)n[nH]1. The summed E-state index contributed by atoms with van der Waals surface area (Å²) in [5, 5.41) is 10.4. The fraction of sp³-hybridized carbons (Fsp3) is 0.0455. The molecule has 0 saturated heterocycles. The standard InChI is InChI=1S/C22H19N5/c1-16-14-22(27-26-16)25-21-15-19(18-10-6-3-7-11-18)23-20(24-21)13-12-17-8-4-2-5-9-17/h2-15H,1H3,(H2,23,24,25,26,27)/b13-12+.